The van der Waals surface area contributed by atoms with Crippen LogP contribution in [0.5, 0.6) is 0 Å². The summed E-state index contributed by atoms with van der Waals surface area (Å²) in [6, 6.07) is 18.7. The lowest BCUT2D eigenvalue weighted by molar-refractivity contribution is -0.137. The number of amides is 2. The molecule has 0 radical (unpaired) electrons. The fourth-order valence-electron chi connectivity index (χ4n) is 3.63. The zero-order chi connectivity index (χ0) is 20.6. The van der Waals surface area contributed by atoms with Crippen LogP contribution in [0.1, 0.15) is 17.5 Å². The monoisotopic (exact) mass is 392 g/mol. The highest BCUT2D eigenvalue weighted by atomic mass is 19.1. The van der Waals surface area contributed by atoms with E-state index in [0.717, 1.165) is 10.5 Å². The summed E-state index contributed by atoms with van der Waals surface area (Å²) in [6.07, 6.45) is -0.148. The minimum atomic E-state index is -1.48. The molecule has 0 spiro atoms. The SMILES string of the molecule is Cc1ccc(C2(C(=O)Nc3ccccc3F)CC(=O)N2c2ccccc2F)cc1. The predicted octanol–water partition coefficient (Wildman–Crippen LogP) is 4.54. The lowest BCUT2D eigenvalue weighted by Crippen LogP contribution is -2.67. The molecule has 1 N–H and O–H groups in total. The number of halogens is 2. The summed E-state index contributed by atoms with van der Waals surface area (Å²) < 4.78 is 28.6. The Balaban J connectivity index is 1.83. The quantitative estimate of drug-likeness (QED) is 0.663. The van der Waals surface area contributed by atoms with Crippen LogP contribution in [0.25, 0.3) is 0 Å². The van der Waals surface area contributed by atoms with Crippen molar-refractivity contribution < 1.29 is 18.4 Å². The average molecular weight is 392 g/mol. The molecule has 1 aliphatic rings. The second kappa shape index (κ2) is 7.13. The molecule has 0 aliphatic carbocycles. The van der Waals surface area contributed by atoms with E-state index in [4.69, 9.17) is 0 Å². The maximum atomic E-state index is 14.5. The fraction of sp³-hybridized carbons (Fsp3) is 0.130. The molecule has 1 heterocycles. The molecule has 0 bridgehead atoms. The Kier molecular flexibility index (Phi) is 4.62. The first kappa shape index (κ1) is 18.8. The highest BCUT2D eigenvalue weighted by molar-refractivity contribution is 6.17. The molecule has 146 valence electrons. The van der Waals surface area contributed by atoms with Gasteiger partial charge in [0.1, 0.15) is 11.6 Å². The van der Waals surface area contributed by atoms with E-state index in [1.54, 1.807) is 24.3 Å². The van der Waals surface area contributed by atoms with Crippen LogP contribution >= 0.6 is 0 Å². The van der Waals surface area contributed by atoms with Crippen molar-refractivity contribution in [1.82, 2.24) is 0 Å². The van der Waals surface area contributed by atoms with Gasteiger partial charge in [-0.2, -0.15) is 0 Å². The van der Waals surface area contributed by atoms with Gasteiger partial charge in [-0.05, 0) is 36.8 Å². The van der Waals surface area contributed by atoms with Gasteiger partial charge < -0.3 is 5.32 Å². The number of anilines is 2. The van der Waals surface area contributed by atoms with E-state index in [1.165, 1.54) is 36.4 Å². The third kappa shape index (κ3) is 3.06. The Hall–Kier alpha value is -3.54. The largest absolute Gasteiger partial charge is 0.321 e. The molecule has 29 heavy (non-hydrogen) atoms. The number of aryl methyl sites for hydroxylation is 1. The second-order valence-corrected chi connectivity index (χ2v) is 7.02. The Labute approximate surface area is 166 Å². The van der Waals surface area contributed by atoms with E-state index in [2.05, 4.69) is 5.32 Å². The molecule has 0 saturated carbocycles. The minimum Gasteiger partial charge on any atom is -0.321 e. The first-order valence-electron chi connectivity index (χ1n) is 9.14. The Bertz CT molecular complexity index is 1100. The van der Waals surface area contributed by atoms with Crippen molar-refractivity contribution in [3.05, 3.63) is 95.6 Å². The number of benzene rings is 3. The van der Waals surface area contributed by atoms with Gasteiger partial charge in [0.05, 0.1) is 17.8 Å². The number of nitrogens with one attached hydrogen (secondary N) is 1. The van der Waals surface area contributed by atoms with Crippen LogP contribution < -0.4 is 10.2 Å². The zero-order valence-electron chi connectivity index (χ0n) is 15.7. The number of hydrogen-bond donors (Lipinski definition) is 1. The first-order chi connectivity index (χ1) is 13.9. The third-order valence-corrected chi connectivity index (χ3v) is 5.16. The van der Waals surface area contributed by atoms with Crippen LogP contribution in [0.4, 0.5) is 20.2 Å². The summed E-state index contributed by atoms with van der Waals surface area (Å²) in [6.45, 7) is 1.90. The lowest BCUT2D eigenvalue weighted by atomic mass is 9.75. The number of hydrogen-bond acceptors (Lipinski definition) is 2. The third-order valence-electron chi connectivity index (χ3n) is 5.16. The fourth-order valence-corrected chi connectivity index (χ4v) is 3.63. The number of nitrogens with zero attached hydrogens (tertiary/aromatic N) is 1. The summed E-state index contributed by atoms with van der Waals surface area (Å²) in [5, 5.41) is 2.58. The topological polar surface area (TPSA) is 49.4 Å². The van der Waals surface area contributed by atoms with Crippen LogP contribution in [-0.4, -0.2) is 11.8 Å². The van der Waals surface area contributed by atoms with Crippen molar-refractivity contribution >= 4 is 23.2 Å². The molecule has 2 amide bonds. The van der Waals surface area contributed by atoms with E-state index in [9.17, 15) is 18.4 Å². The maximum absolute atomic E-state index is 14.5. The van der Waals surface area contributed by atoms with Crippen molar-refractivity contribution in [2.24, 2.45) is 0 Å². The van der Waals surface area contributed by atoms with E-state index in [0.29, 0.717) is 5.56 Å². The van der Waals surface area contributed by atoms with Crippen LogP contribution in [0.3, 0.4) is 0 Å². The number of para-hydroxylation sites is 2. The number of β-lactam (4-membered cyclic amide) rings is 1. The Morgan fingerprint density at radius 2 is 1.55 bits per heavy atom. The van der Waals surface area contributed by atoms with Crippen LogP contribution in [-0.2, 0) is 15.1 Å². The van der Waals surface area contributed by atoms with Gasteiger partial charge in [-0.1, -0.05) is 54.1 Å². The highest BCUT2D eigenvalue weighted by Gasteiger charge is 2.59. The highest BCUT2D eigenvalue weighted by Crippen LogP contribution is 2.46. The van der Waals surface area contributed by atoms with Gasteiger partial charge in [0, 0.05) is 0 Å². The van der Waals surface area contributed by atoms with E-state index < -0.39 is 23.1 Å². The Morgan fingerprint density at radius 3 is 2.17 bits per heavy atom. The molecule has 3 aromatic carbocycles. The normalized spacial score (nSPS) is 18.3. The summed E-state index contributed by atoms with van der Waals surface area (Å²) in [5.41, 5.74) is 0.0287. The molecular weight excluding hydrogens is 374 g/mol. The zero-order valence-corrected chi connectivity index (χ0v) is 15.7. The number of carbonyl (C=O) groups excluding carboxylic acids is 2. The van der Waals surface area contributed by atoms with E-state index >= 15 is 0 Å². The van der Waals surface area contributed by atoms with Crippen LogP contribution in [0.2, 0.25) is 0 Å². The Morgan fingerprint density at radius 1 is 0.931 bits per heavy atom. The summed E-state index contributed by atoms with van der Waals surface area (Å²) >= 11 is 0. The summed E-state index contributed by atoms with van der Waals surface area (Å²) in [4.78, 5) is 27.1. The average Bonchev–Trinajstić information content (AvgIpc) is 2.70. The van der Waals surface area contributed by atoms with Crippen molar-refractivity contribution in [2.45, 2.75) is 18.9 Å². The van der Waals surface area contributed by atoms with E-state index in [1.807, 2.05) is 19.1 Å². The van der Waals surface area contributed by atoms with Gasteiger partial charge in [0.2, 0.25) is 5.91 Å². The number of carbonyl (C=O) groups is 2. The molecule has 0 aromatic heterocycles. The maximum Gasteiger partial charge on any atom is 0.256 e. The van der Waals surface area contributed by atoms with Crippen molar-refractivity contribution in [1.29, 1.82) is 0 Å². The van der Waals surface area contributed by atoms with Crippen molar-refractivity contribution in [2.75, 3.05) is 10.2 Å². The van der Waals surface area contributed by atoms with Gasteiger partial charge in [-0.25, -0.2) is 8.78 Å². The number of rotatable bonds is 4. The van der Waals surface area contributed by atoms with Gasteiger partial charge in [-0.15, -0.1) is 0 Å². The molecule has 1 unspecified atom stereocenters. The van der Waals surface area contributed by atoms with Crippen molar-refractivity contribution in [3.63, 3.8) is 0 Å². The van der Waals surface area contributed by atoms with Gasteiger partial charge in [0.15, 0.2) is 5.54 Å². The van der Waals surface area contributed by atoms with Gasteiger partial charge in [-0.3, -0.25) is 14.5 Å². The van der Waals surface area contributed by atoms with Gasteiger partial charge in [0.25, 0.3) is 5.91 Å². The molecule has 4 nitrogen and oxygen atoms in total. The summed E-state index contributed by atoms with van der Waals surface area (Å²) in [5.74, 6) is -2.20. The van der Waals surface area contributed by atoms with Crippen LogP contribution in [0.15, 0.2) is 72.8 Å². The molecule has 6 heteroatoms. The molecule has 1 saturated heterocycles. The van der Waals surface area contributed by atoms with E-state index in [-0.39, 0.29) is 23.7 Å². The smallest absolute Gasteiger partial charge is 0.256 e. The second-order valence-electron chi connectivity index (χ2n) is 7.02. The first-order valence-corrected chi connectivity index (χ1v) is 9.14. The molecule has 1 fully saturated rings. The van der Waals surface area contributed by atoms with Crippen LogP contribution in [0, 0.1) is 18.6 Å². The standard InChI is InChI=1S/C23H18F2N2O2/c1-15-10-12-16(13-11-15)23(22(29)26-19-8-4-2-6-17(19)24)14-21(28)27(23)20-9-5-3-7-18(20)25/h2-13H,14H2,1H3,(H,26,29). The van der Waals surface area contributed by atoms with Crippen molar-refractivity contribution in [3.8, 4) is 0 Å². The predicted molar refractivity (Wildman–Crippen MR) is 106 cm³/mol. The summed E-state index contributed by atoms with van der Waals surface area (Å²) in [7, 11) is 0. The molecule has 1 aliphatic heterocycles. The molecule has 3 aromatic rings. The van der Waals surface area contributed by atoms with Gasteiger partial charge >= 0.3 is 0 Å². The minimum absolute atomic E-state index is 0.00295. The lowest BCUT2D eigenvalue weighted by Gasteiger charge is -2.50. The molecule has 1 atom stereocenters. The molecular formula is C23H18F2N2O2. The molecule has 4 rings (SSSR count).